The number of hydrogen-bond acceptors (Lipinski definition) is 6. The SMILES string of the molecule is Cn1cc(CNc2ccc(S(=O)(=O)C(F)F)cc2[N+](=O)[O-])c(-c2ccccc2)n1. The minimum atomic E-state index is -4.94. The fourth-order valence-corrected chi connectivity index (χ4v) is 3.53. The largest absolute Gasteiger partial charge is 0.375 e. The summed E-state index contributed by atoms with van der Waals surface area (Å²) < 4.78 is 50.3. The molecular weight excluding hydrogens is 406 g/mol. The van der Waals surface area contributed by atoms with E-state index >= 15 is 0 Å². The van der Waals surface area contributed by atoms with E-state index in [1.807, 2.05) is 30.3 Å². The third-order valence-electron chi connectivity index (χ3n) is 4.15. The van der Waals surface area contributed by atoms with Crippen LogP contribution < -0.4 is 5.32 Å². The summed E-state index contributed by atoms with van der Waals surface area (Å²) in [4.78, 5) is 9.71. The van der Waals surface area contributed by atoms with E-state index in [0.717, 1.165) is 23.3 Å². The zero-order valence-corrected chi connectivity index (χ0v) is 15.9. The van der Waals surface area contributed by atoms with Crippen LogP contribution in [0.15, 0.2) is 59.6 Å². The van der Waals surface area contributed by atoms with Gasteiger partial charge in [0.15, 0.2) is 0 Å². The lowest BCUT2D eigenvalue weighted by Gasteiger charge is -2.09. The summed E-state index contributed by atoms with van der Waals surface area (Å²) in [6.45, 7) is 0.153. The van der Waals surface area contributed by atoms with Crippen LogP contribution in [-0.2, 0) is 23.4 Å². The Morgan fingerprint density at radius 1 is 1.21 bits per heavy atom. The van der Waals surface area contributed by atoms with Crippen LogP contribution in [0.25, 0.3) is 11.3 Å². The van der Waals surface area contributed by atoms with E-state index in [9.17, 15) is 27.3 Å². The average Bonchev–Trinajstić information content (AvgIpc) is 3.07. The van der Waals surface area contributed by atoms with Gasteiger partial charge in [-0.3, -0.25) is 14.8 Å². The predicted octanol–water partition coefficient (Wildman–Crippen LogP) is 3.60. The summed E-state index contributed by atoms with van der Waals surface area (Å²) >= 11 is 0. The molecule has 0 atom stereocenters. The number of rotatable bonds is 7. The average molecular weight is 422 g/mol. The van der Waals surface area contributed by atoms with E-state index in [0.29, 0.717) is 11.8 Å². The summed E-state index contributed by atoms with van der Waals surface area (Å²) in [6.07, 6.45) is 1.75. The minimum Gasteiger partial charge on any atom is -0.375 e. The number of anilines is 1. The highest BCUT2D eigenvalue weighted by Gasteiger charge is 2.29. The Bertz CT molecular complexity index is 1150. The van der Waals surface area contributed by atoms with Gasteiger partial charge in [0.05, 0.1) is 15.5 Å². The molecule has 1 heterocycles. The van der Waals surface area contributed by atoms with Crippen LogP contribution in [0.2, 0.25) is 0 Å². The molecule has 3 aromatic rings. The molecule has 0 aliphatic carbocycles. The predicted molar refractivity (Wildman–Crippen MR) is 102 cm³/mol. The Labute approximate surface area is 164 Å². The number of benzene rings is 2. The Kier molecular flexibility index (Phi) is 5.59. The molecule has 2 aromatic carbocycles. The van der Waals surface area contributed by atoms with E-state index in [4.69, 9.17) is 0 Å². The molecule has 0 amide bonds. The van der Waals surface area contributed by atoms with Gasteiger partial charge in [-0.2, -0.15) is 13.9 Å². The lowest BCUT2D eigenvalue weighted by molar-refractivity contribution is -0.384. The smallest absolute Gasteiger partial charge is 0.341 e. The molecule has 0 aliphatic rings. The summed E-state index contributed by atoms with van der Waals surface area (Å²) in [5.74, 6) is -3.66. The highest BCUT2D eigenvalue weighted by Crippen LogP contribution is 2.31. The topological polar surface area (TPSA) is 107 Å². The molecule has 152 valence electrons. The number of hydrogen-bond donors (Lipinski definition) is 1. The lowest BCUT2D eigenvalue weighted by atomic mass is 10.1. The second kappa shape index (κ2) is 7.95. The van der Waals surface area contributed by atoms with Crippen LogP contribution in [0.3, 0.4) is 0 Å². The van der Waals surface area contributed by atoms with Gasteiger partial charge in [0.1, 0.15) is 5.69 Å². The first-order valence-electron chi connectivity index (χ1n) is 8.32. The van der Waals surface area contributed by atoms with E-state index in [1.165, 1.54) is 0 Å². The molecular formula is C18H16F2N4O4S. The Balaban J connectivity index is 1.91. The molecule has 0 spiro atoms. The lowest BCUT2D eigenvalue weighted by Crippen LogP contribution is -2.12. The number of nitro benzene ring substituents is 1. The molecule has 0 saturated heterocycles. The fourth-order valence-electron chi connectivity index (χ4n) is 2.79. The summed E-state index contributed by atoms with van der Waals surface area (Å²) in [5.41, 5.74) is 1.68. The van der Waals surface area contributed by atoms with E-state index in [-0.39, 0.29) is 12.2 Å². The van der Waals surface area contributed by atoms with Gasteiger partial charge >= 0.3 is 5.76 Å². The molecule has 0 unspecified atom stereocenters. The van der Waals surface area contributed by atoms with Crippen molar-refractivity contribution in [3.63, 3.8) is 0 Å². The molecule has 0 radical (unpaired) electrons. The van der Waals surface area contributed by atoms with Crippen molar-refractivity contribution in [3.05, 3.63) is 70.4 Å². The van der Waals surface area contributed by atoms with Gasteiger partial charge in [-0.05, 0) is 12.1 Å². The van der Waals surface area contributed by atoms with Crippen molar-refractivity contribution in [2.45, 2.75) is 17.2 Å². The molecule has 29 heavy (non-hydrogen) atoms. The van der Waals surface area contributed by atoms with Crippen LogP contribution in [0.5, 0.6) is 0 Å². The van der Waals surface area contributed by atoms with Crippen molar-refractivity contribution in [2.24, 2.45) is 7.05 Å². The third-order valence-corrected chi connectivity index (χ3v) is 5.53. The molecule has 8 nitrogen and oxygen atoms in total. The monoisotopic (exact) mass is 422 g/mol. The van der Waals surface area contributed by atoms with Gasteiger partial charge < -0.3 is 5.32 Å². The molecule has 0 saturated carbocycles. The van der Waals surface area contributed by atoms with Gasteiger partial charge in [0.25, 0.3) is 5.69 Å². The maximum Gasteiger partial charge on any atom is 0.341 e. The molecule has 1 aromatic heterocycles. The van der Waals surface area contributed by atoms with Crippen LogP contribution >= 0.6 is 0 Å². The first-order valence-corrected chi connectivity index (χ1v) is 9.87. The van der Waals surface area contributed by atoms with E-state index in [2.05, 4.69) is 10.4 Å². The summed E-state index contributed by atoms with van der Waals surface area (Å²) in [7, 11) is -3.20. The van der Waals surface area contributed by atoms with Crippen molar-refractivity contribution < 1.29 is 22.1 Å². The number of halogens is 2. The molecule has 3 rings (SSSR count). The second-order valence-corrected chi connectivity index (χ2v) is 8.06. The van der Waals surface area contributed by atoms with Crippen molar-refractivity contribution >= 4 is 21.2 Å². The minimum absolute atomic E-state index is 0.00563. The summed E-state index contributed by atoms with van der Waals surface area (Å²) in [5, 5.41) is 18.6. The normalized spacial score (nSPS) is 11.6. The highest BCUT2D eigenvalue weighted by atomic mass is 32.2. The number of aromatic nitrogens is 2. The highest BCUT2D eigenvalue weighted by molar-refractivity contribution is 7.91. The maximum atomic E-state index is 12.7. The van der Waals surface area contributed by atoms with Crippen molar-refractivity contribution in [3.8, 4) is 11.3 Å². The molecule has 0 aliphatic heterocycles. The maximum absolute atomic E-state index is 12.7. The molecule has 0 bridgehead atoms. The van der Waals surface area contributed by atoms with Gasteiger partial charge in [0.2, 0.25) is 9.84 Å². The zero-order valence-electron chi connectivity index (χ0n) is 15.1. The summed E-state index contributed by atoms with van der Waals surface area (Å²) in [6, 6.07) is 12.0. The zero-order chi connectivity index (χ0) is 21.2. The number of sulfone groups is 1. The number of nitrogens with zero attached hydrogens (tertiary/aromatic N) is 3. The van der Waals surface area contributed by atoms with Crippen molar-refractivity contribution in [1.82, 2.24) is 9.78 Å². The quantitative estimate of drug-likeness (QED) is 0.460. The van der Waals surface area contributed by atoms with Gasteiger partial charge in [0, 0.05) is 37.0 Å². The number of nitro groups is 1. The van der Waals surface area contributed by atoms with E-state index in [1.54, 1.807) is 17.9 Å². The Morgan fingerprint density at radius 3 is 2.52 bits per heavy atom. The van der Waals surface area contributed by atoms with Gasteiger partial charge in [-0.1, -0.05) is 30.3 Å². The van der Waals surface area contributed by atoms with Crippen molar-refractivity contribution in [2.75, 3.05) is 5.32 Å². The van der Waals surface area contributed by atoms with Crippen LogP contribution in [0, 0.1) is 10.1 Å². The third kappa shape index (κ3) is 4.24. The fraction of sp³-hybridized carbons (Fsp3) is 0.167. The number of nitrogens with one attached hydrogen (secondary N) is 1. The van der Waals surface area contributed by atoms with Crippen molar-refractivity contribution in [1.29, 1.82) is 0 Å². The van der Waals surface area contributed by atoms with Crippen LogP contribution in [0.1, 0.15) is 5.56 Å². The molecule has 11 heteroatoms. The Morgan fingerprint density at radius 2 is 1.90 bits per heavy atom. The standard InChI is InChI=1S/C18H16F2N4O4S/c1-23-11-13(17(22-23)12-5-3-2-4-6-12)10-21-15-8-7-14(9-16(15)24(25)26)29(27,28)18(19)20/h2-9,11,18,21H,10H2,1H3. The first kappa shape index (κ1) is 20.4. The van der Waals surface area contributed by atoms with Gasteiger partial charge in [-0.25, -0.2) is 8.42 Å². The van der Waals surface area contributed by atoms with E-state index < -0.39 is 31.1 Å². The van der Waals surface area contributed by atoms with Crippen LogP contribution in [-0.4, -0.2) is 28.9 Å². The number of aryl methyl sites for hydroxylation is 1. The van der Waals surface area contributed by atoms with Crippen LogP contribution in [0.4, 0.5) is 20.2 Å². The Hall–Kier alpha value is -3.34. The molecule has 0 fully saturated rings. The second-order valence-electron chi connectivity index (χ2n) is 6.14. The molecule has 1 N–H and O–H groups in total. The van der Waals surface area contributed by atoms with Gasteiger partial charge in [-0.15, -0.1) is 0 Å². The first-order chi connectivity index (χ1) is 13.7. The number of alkyl halides is 2.